The number of hydrogen-bond donors (Lipinski definition) is 0. The Morgan fingerprint density at radius 1 is 0.600 bits per heavy atom. The van der Waals surface area contributed by atoms with Crippen molar-refractivity contribution in [1.82, 2.24) is 0 Å². The van der Waals surface area contributed by atoms with Gasteiger partial charge < -0.3 is 47.1 Å². The number of azide groups is 1. The molecule has 19 nitrogen and oxygen atoms in total. The molecule has 0 amide bonds. The number of carbonyl (C=O) groups is 6. The summed E-state index contributed by atoms with van der Waals surface area (Å²) in [6.45, 7) is 11.4. The highest BCUT2D eigenvalue weighted by atomic mass is 28.4. The second kappa shape index (κ2) is 20.7. The van der Waals surface area contributed by atoms with Crippen LogP contribution in [-0.4, -0.2) is 119 Å². The van der Waals surface area contributed by atoms with Crippen LogP contribution in [0, 0.1) is 0 Å². The van der Waals surface area contributed by atoms with Gasteiger partial charge >= 0.3 is 35.8 Å². The van der Waals surface area contributed by atoms with Crippen LogP contribution >= 0.6 is 0 Å². The molecule has 2 aliphatic heterocycles. The summed E-state index contributed by atoms with van der Waals surface area (Å²) in [5.74, 6) is -4.98. The molecule has 10 atom stereocenters. The van der Waals surface area contributed by atoms with Gasteiger partial charge in [0.25, 0.3) is 8.32 Å². The highest BCUT2D eigenvalue weighted by molar-refractivity contribution is 6.99. The molecular formula is C40H51N3O16Si. The van der Waals surface area contributed by atoms with Crippen molar-refractivity contribution in [2.24, 2.45) is 5.11 Å². The van der Waals surface area contributed by atoms with Crippen LogP contribution in [0.1, 0.15) is 62.3 Å². The van der Waals surface area contributed by atoms with Gasteiger partial charge in [-0.25, -0.2) is 0 Å². The summed E-state index contributed by atoms with van der Waals surface area (Å²) < 4.78 is 59.7. The van der Waals surface area contributed by atoms with E-state index in [0.717, 1.165) is 51.9 Å². The number of ether oxygens (including phenoxy) is 9. The number of esters is 6. The second-order valence-corrected chi connectivity index (χ2v) is 19.3. The predicted molar refractivity (Wildman–Crippen MR) is 209 cm³/mol. The first kappa shape index (κ1) is 47.3. The quantitative estimate of drug-likeness (QED) is 0.0624. The lowest BCUT2D eigenvalue weighted by Crippen LogP contribution is -2.71. The van der Waals surface area contributed by atoms with Crippen LogP contribution in [0.2, 0.25) is 5.04 Å². The molecule has 2 heterocycles. The van der Waals surface area contributed by atoms with E-state index in [1.54, 1.807) is 0 Å². The van der Waals surface area contributed by atoms with Crippen LogP contribution in [0.3, 0.4) is 0 Å². The summed E-state index contributed by atoms with van der Waals surface area (Å²) in [5.41, 5.74) is 10.0. The van der Waals surface area contributed by atoms with E-state index in [1.807, 2.05) is 81.4 Å². The highest BCUT2D eigenvalue weighted by Crippen LogP contribution is 2.41. The van der Waals surface area contributed by atoms with E-state index in [0.29, 0.717) is 0 Å². The number of hydrogen-bond acceptors (Lipinski definition) is 17. The van der Waals surface area contributed by atoms with Crippen molar-refractivity contribution in [2.45, 2.75) is 129 Å². The smallest absolute Gasteiger partial charge is 0.303 e. The van der Waals surface area contributed by atoms with E-state index in [9.17, 15) is 34.3 Å². The van der Waals surface area contributed by atoms with Gasteiger partial charge in [0.05, 0.1) is 0 Å². The zero-order valence-electron chi connectivity index (χ0n) is 34.8. The average Bonchev–Trinajstić information content (AvgIpc) is 3.16. The Kier molecular flexibility index (Phi) is 16.4. The molecule has 60 heavy (non-hydrogen) atoms. The first-order valence-electron chi connectivity index (χ1n) is 19.0. The first-order valence-corrected chi connectivity index (χ1v) is 20.9. The summed E-state index contributed by atoms with van der Waals surface area (Å²) in [4.78, 5) is 77.7. The lowest BCUT2D eigenvalue weighted by molar-refractivity contribution is -0.345. The Hall–Kier alpha value is -5.37. The average molecular weight is 858 g/mol. The minimum absolute atomic E-state index is 0.549. The van der Waals surface area contributed by atoms with Crippen molar-refractivity contribution < 1.29 is 75.8 Å². The minimum atomic E-state index is -3.53. The van der Waals surface area contributed by atoms with Crippen LogP contribution in [0.5, 0.6) is 0 Å². The van der Waals surface area contributed by atoms with Gasteiger partial charge in [-0.15, -0.1) is 0 Å². The van der Waals surface area contributed by atoms with Crippen molar-refractivity contribution in [2.75, 3.05) is 13.2 Å². The molecule has 0 spiro atoms. The largest absolute Gasteiger partial charge is 0.463 e. The monoisotopic (exact) mass is 857 g/mol. The molecule has 2 aromatic rings. The molecule has 0 unspecified atom stereocenters. The summed E-state index contributed by atoms with van der Waals surface area (Å²) in [5, 5.41) is 5.04. The maximum Gasteiger partial charge on any atom is 0.303 e. The molecule has 20 heteroatoms. The van der Waals surface area contributed by atoms with Crippen LogP contribution in [0.15, 0.2) is 65.8 Å². The third-order valence-corrected chi connectivity index (χ3v) is 14.5. The summed E-state index contributed by atoms with van der Waals surface area (Å²) in [6, 6.07) is 17.4. The Bertz CT molecular complexity index is 1850. The van der Waals surface area contributed by atoms with Crippen LogP contribution in [-0.2, 0) is 75.8 Å². The molecular weight excluding hydrogens is 807 g/mol. The number of benzene rings is 2. The number of nitrogens with zero attached hydrogens (tertiary/aromatic N) is 3. The fraction of sp³-hybridized carbons (Fsp3) is 0.550. The third-order valence-electron chi connectivity index (χ3n) is 9.50. The zero-order chi connectivity index (χ0) is 44.4. The van der Waals surface area contributed by atoms with Crippen molar-refractivity contribution in [3.63, 3.8) is 0 Å². The third kappa shape index (κ3) is 11.7. The van der Waals surface area contributed by atoms with Gasteiger partial charge in [-0.3, -0.25) is 28.8 Å². The van der Waals surface area contributed by atoms with Crippen LogP contribution in [0.25, 0.3) is 10.4 Å². The van der Waals surface area contributed by atoms with E-state index in [-0.39, 0.29) is 0 Å². The number of rotatable bonds is 15. The van der Waals surface area contributed by atoms with Crippen molar-refractivity contribution in [3.8, 4) is 0 Å². The minimum Gasteiger partial charge on any atom is -0.463 e. The summed E-state index contributed by atoms with van der Waals surface area (Å²) >= 11 is 0. The summed E-state index contributed by atoms with van der Waals surface area (Å²) in [6.07, 6.45) is -14.2. The fourth-order valence-electron chi connectivity index (χ4n) is 7.31. The van der Waals surface area contributed by atoms with Crippen molar-refractivity contribution >= 4 is 54.5 Å². The molecule has 2 fully saturated rings. The molecule has 326 valence electrons. The molecule has 4 rings (SSSR count). The fourth-order valence-corrected chi connectivity index (χ4v) is 11.9. The highest BCUT2D eigenvalue weighted by Gasteiger charge is 2.59. The molecule has 2 aliphatic rings. The number of carbonyl (C=O) groups excluding carboxylic acids is 6. The van der Waals surface area contributed by atoms with E-state index >= 15 is 0 Å². The molecule has 0 saturated carbocycles. The van der Waals surface area contributed by atoms with E-state index in [1.165, 1.54) is 0 Å². The lowest BCUT2D eigenvalue weighted by Gasteiger charge is -2.51. The van der Waals surface area contributed by atoms with Gasteiger partial charge in [-0.1, -0.05) is 86.5 Å². The van der Waals surface area contributed by atoms with Gasteiger partial charge in [-0.05, 0) is 20.9 Å². The zero-order valence-corrected chi connectivity index (χ0v) is 35.8. The van der Waals surface area contributed by atoms with Gasteiger partial charge in [-0.2, -0.15) is 0 Å². The Morgan fingerprint density at radius 2 is 1.02 bits per heavy atom. The van der Waals surface area contributed by atoms with Gasteiger partial charge in [0, 0.05) is 46.5 Å². The first-order chi connectivity index (χ1) is 28.3. The predicted octanol–water partition coefficient (Wildman–Crippen LogP) is 2.93. The molecule has 2 aromatic carbocycles. The molecule has 0 aromatic heterocycles. The van der Waals surface area contributed by atoms with Crippen LogP contribution < -0.4 is 10.4 Å². The van der Waals surface area contributed by atoms with Crippen LogP contribution in [0.4, 0.5) is 0 Å². The normalized spacial score (nSPS) is 26.6. The SMILES string of the molecule is CC(=O)OC[C@H]1O[C@@H](O[C@H]2[C@H](OC(C)=O)[C@@H](N=[N+]=[N-])[C@H](O[Si](c3ccccc3)(c3ccccc3)C(C)(C)C)O[C@@H]2COC(C)=O)[C@H](OC(C)=O)[C@@H](OC(C)=O)[C@H]1OC(C)=O. The lowest BCUT2D eigenvalue weighted by atomic mass is 9.95. The van der Waals surface area contributed by atoms with E-state index in [2.05, 4.69) is 10.0 Å². The van der Waals surface area contributed by atoms with Gasteiger partial charge in [0.2, 0.25) is 0 Å². The standard InChI is InChI=1S/C40H51N3O16Si/c1-22(44)50-20-30-33(58-39-37(55-27(6)49)36(54-26(5)48)34(52-24(3)46)31(57-39)21-51-23(2)45)35(53-25(4)47)32(42-43-41)38(56-30)59-60(40(7,8)9,28-16-12-10-13-17-28)29-18-14-11-15-19-29/h10-19,30-39H,20-21H2,1-9H3/t30-,31-,32-,33-,34+,35-,36+,37-,38+,39+/m1/s1. The van der Waals surface area contributed by atoms with Gasteiger partial charge in [0.15, 0.2) is 30.9 Å². The molecule has 0 bridgehead atoms. The van der Waals surface area contributed by atoms with E-state index in [4.69, 9.17) is 47.1 Å². The van der Waals surface area contributed by atoms with Crippen molar-refractivity contribution in [3.05, 3.63) is 71.1 Å². The summed E-state index contributed by atoms with van der Waals surface area (Å²) in [7, 11) is -3.53. The Labute approximate surface area is 347 Å². The van der Waals surface area contributed by atoms with E-state index < -0.39 is 124 Å². The topological polar surface area (TPSA) is 243 Å². The molecule has 2 saturated heterocycles. The maximum absolute atomic E-state index is 13.0. The van der Waals surface area contributed by atoms with Gasteiger partial charge in [0.1, 0.15) is 43.7 Å². The molecule has 0 N–H and O–H groups in total. The molecule has 0 aliphatic carbocycles. The van der Waals surface area contributed by atoms with Crippen molar-refractivity contribution in [1.29, 1.82) is 0 Å². The Balaban J connectivity index is 1.93. The Morgan fingerprint density at radius 3 is 1.45 bits per heavy atom. The molecule has 0 radical (unpaired) electrons. The second-order valence-electron chi connectivity index (χ2n) is 15.1. The maximum atomic E-state index is 13.0.